The van der Waals surface area contributed by atoms with Crippen LogP contribution >= 0.6 is 11.8 Å². The zero-order valence-electron chi connectivity index (χ0n) is 15.2. The van der Waals surface area contributed by atoms with Crippen molar-refractivity contribution in [3.63, 3.8) is 0 Å². The first kappa shape index (κ1) is 20.7. The molecule has 1 amide bonds. The summed E-state index contributed by atoms with van der Waals surface area (Å²) in [6.45, 7) is 1.82. The number of amides is 1. The van der Waals surface area contributed by atoms with Gasteiger partial charge in [-0.1, -0.05) is 41.6 Å². The van der Waals surface area contributed by atoms with Crippen LogP contribution in [0.3, 0.4) is 0 Å². The first-order valence-electron chi connectivity index (χ1n) is 8.35. The number of thioether (sulfide) groups is 1. The number of nitrogens with one attached hydrogen (secondary N) is 2. The van der Waals surface area contributed by atoms with E-state index in [1.54, 1.807) is 18.2 Å². The Morgan fingerprint density at radius 1 is 1.17 bits per heavy atom. The summed E-state index contributed by atoms with van der Waals surface area (Å²) in [5.41, 5.74) is 0.0908. The normalized spacial score (nSPS) is 11.2. The van der Waals surface area contributed by atoms with Crippen LogP contribution in [0, 0.1) is 12.7 Å². The molecule has 0 spiro atoms. The lowest BCUT2D eigenvalue weighted by molar-refractivity contribution is -0.113. The van der Waals surface area contributed by atoms with Crippen LogP contribution in [0.5, 0.6) is 0 Å². The van der Waals surface area contributed by atoms with Crippen molar-refractivity contribution < 1.29 is 17.6 Å². The van der Waals surface area contributed by atoms with Crippen molar-refractivity contribution in [1.82, 2.24) is 9.97 Å². The van der Waals surface area contributed by atoms with E-state index in [0.717, 1.165) is 23.5 Å². The molecule has 150 valence electrons. The highest BCUT2D eigenvalue weighted by Crippen LogP contribution is 2.19. The molecule has 0 saturated carbocycles. The Kier molecular flexibility index (Phi) is 6.14. The monoisotopic (exact) mass is 433 g/mol. The van der Waals surface area contributed by atoms with Gasteiger partial charge in [-0.2, -0.15) is 0 Å². The number of hydrogen-bond donors (Lipinski definition) is 2. The SMILES string of the molecule is Cc1ccc(S(=O)(=O)c2cnc(SCC(=O)Nc3ccccc3F)[nH]c2=O)cc1. The van der Waals surface area contributed by atoms with E-state index in [0.29, 0.717) is 0 Å². The van der Waals surface area contributed by atoms with E-state index < -0.39 is 32.0 Å². The van der Waals surface area contributed by atoms with Crippen LogP contribution in [0.15, 0.2) is 74.5 Å². The van der Waals surface area contributed by atoms with Crippen LogP contribution in [-0.4, -0.2) is 30.0 Å². The first-order chi connectivity index (χ1) is 13.8. The largest absolute Gasteiger partial charge is 0.323 e. The molecule has 29 heavy (non-hydrogen) atoms. The second-order valence-corrected chi connectivity index (χ2v) is 8.90. The molecule has 7 nitrogen and oxygen atoms in total. The van der Waals surface area contributed by atoms with Gasteiger partial charge < -0.3 is 10.3 Å². The van der Waals surface area contributed by atoms with Gasteiger partial charge in [-0.3, -0.25) is 9.59 Å². The number of aromatic nitrogens is 2. The highest BCUT2D eigenvalue weighted by Gasteiger charge is 2.22. The Hall–Kier alpha value is -2.98. The van der Waals surface area contributed by atoms with Gasteiger partial charge in [0.25, 0.3) is 5.56 Å². The number of aryl methyl sites for hydroxylation is 1. The lowest BCUT2D eigenvalue weighted by atomic mass is 10.2. The second-order valence-electron chi connectivity index (χ2n) is 6.01. The average Bonchev–Trinajstić information content (AvgIpc) is 2.68. The minimum absolute atomic E-state index is 0.0138. The third-order valence-corrected chi connectivity index (χ3v) is 6.50. The maximum atomic E-state index is 13.5. The average molecular weight is 433 g/mol. The van der Waals surface area contributed by atoms with Crippen molar-refractivity contribution in [2.45, 2.75) is 21.9 Å². The summed E-state index contributed by atoms with van der Waals surface area (Å²) in [5.74, 6) is -1.22. The summed E-state index contributed by atoms with van der Waals surface area (Å²) >= 11 is 0.889. The summed E-state index contributed by atoms with van der Waals surface area (Å²) in [7, 11) is -4.02. The third kappa shape index (κ3) is 4.90. The van der Waals surface area contributed by atoms with Crippen LogP contribution in [0.2, 0.25) is 0 Å². The summed E-state index contributed by atoms with van der Waals surface area (Å²) in [6.07, 6.45) is 0.963. The minimum Gasteiger partial charge on any atom is -0.323 e. The molecular formula is C19H16FN3O4S2. The van der Waals surface area contributed by atoms with Gasteiger partial charge in [-0.05, 0) is 31.2 Å². The molecular weight excluding hydrogens is 417 g/mol. The fourth-order valence-corrected chi connectivity index (χ4v) is 4.23. The summed E-state index contributed by atoms with van der Waals surface area (Å²) in [5, 5.41) is 2.48. The van der Waals surface area contributed by atoms with Gasteiger partial charge in [0.15, 0.2) is 10.1 Å². The molecule has 2 aromatic carbocycles. The number of H-pyrrole nitrogens is 1. The number of carbonyl (C=O) groups excluding carboxylic acids is 1. The molecule has 0 aliphatic carbocycles. The smallest absolute Gasteiger partial charge is 0.270 e. The molecule has 0 unspecified atom stereocenters. The van der Waals surface area contributed by atoms with Crippen LogP contribution in [0.4, 0.5) is 10.1 Å². The molecule has 0 bridgehead atoms. The number of anilines is 1. The number of rotatable bonds is 6. The predicted molar refractivity (Wildman–Crippen MR) is 107 cm³/mol. The zero-order valence-corrected chi connectivity index (χ0v) is 16.8. The Labute approximate surface area is 170 Å². The van der Waals surface area contributed by atoms with Gasteiger partial charge >= 0.3 is 0 Å². The van der Waals surface area contributed by atoms with Gasteiger partial charge in [-0.25, -0.2) is 17.8 Å². The van der Waals surface area contributed by atoms with Gasteiger partial charge in [0.2, 0.25) is 15.7 Å². The van der Waals surface area contributed by atoms with E-state index in [4.69, 9.17) is 0 Å². The number of benzene rings is 2. The molecule has 0 fully saturated rings. The maximum absolute atomic E-state index is 13.5. The molecule has 0 atom stereocenters. The van der Waals surface area contributed by atoms with Crippen molar-refractivity contribution in [3.8, 4) is 0 Å². The van der Waals surface area contributed by atoms with Gasteiger partial charge in [-0.15, -0.1) is 0 Å². The summed E-state index contributed by atoms with van der Waals surface area (Å²) in [4.78, 5) is 30.0. The molecule has 0 aliphatic heterocycles. The third-order valence-electron chi connectivity index (χ3n) is 3.85. The number of carbonyl (C=O) groups is 1. The maximum Gasteiger partial charge on any atom is 0.270 e. The topological polar surface area (TPSA) is 109 Å². The number of aromatic amines is 1. The van der Waals surface area contributed by atoms with E-state index in [2.05, 4.69) is 15.3 Å². The number of para-hydroxylation sites is 1. The number of sulfone groups is 1. The first-order valence-corrected chi connectivity index (χ1v) is 10.8. The lowest BCUT2D eigenvalue weighted by Gasteiger charge is -2.07. The second kappa shape index (κ2) is 8.58. The number of hydrogen-bond acceptors (Lipinski definition) is 6. The molecule has 3 aromatic rings. The molecule has 1 aromatic heterocycles. The quantitative estimate of drug-likeness (QED) is 0.457. The van der Waals surface area contributed by atoms with Crippen molar-refractivity contribution >= 4 is 33.2 Å². The van der Waals surface area contributed by atoms with Crippen LogP contribution in [-0.2, 0) is 14.6 Å². The summed E-state index contributed by atoms with van der Waals surface area (Å²) < 4.78 is 38.8. The van der Waals surface area contributed by atoms with Crippen molar-refractivity contribution in [2.75, 3.05) is 11.1 Å². The van der Waals surface area contributed by atoms with Gasteiger partial charge in [0, 0.05) is 0 Å². The molecule has 1 heterocycles. The summed E-state index contributed by atoms with van der Waals surface area (Å²) in [6, 6.07) is 11.8. The molecule has 0 radical (unpaired) electrons. The molecule has 2 N–H and O–H groups in total. The zero-order chi connectivity index (χ0) is 21.0. The van der Waals surface area contributed by atoms with Gasteiger partial charge in [0.05, 0.1) is 22.5 Å². The highest BCUT2D eigenvalue weighted by molar-refractivity contribution is 7.99. The lowest BCUT2D eigenvalue weighted by Crippen LogP contribution is -2.20. The van der Waals surface area contributed by atoms with Crippen molar-refractivity contribution in [2.24, 2.45) is 0 Å². The van der Waals surface area contributed by atoms with Crippen molar-refractivity contribution in [1.29, 1.82) is 0 Å². The molecule has 0 saturated heterocycles. The van der Waals surface area contributed by atoms with Crippen LogP contribution < -0.4 is 10.9 Å². The van der Waals surface area contributed by atoms with E-state index in [-0.39, 0.29) is 21.5 Å². The van der Waals surface area contributed by atoms with E-state index >= 15 is 0 Å². The molecule has 3 rings (SSSR count). The number of nitrogens with zero attached hydrogens (tertiary/aromatic N) is 1. The van der Waals surface area contributed by atoms with Crippen molar-refractivity contribution in [3.05, 3.63) is 76.5 Å². The number of halogens is 1. The Bertz CT molecular complexity index is 1210. The Morgan fingerprint density at radius 2 is 1.86 bits per heavy atom. The van der Waals surface area contributed by atoms with Crippen LogP contribution in [0.25, 0.3) is 0 Å². The fraction of sp³-hybridized carbons (Fsp3) is 0.105. The Balaban J connectivity index is 1.71. The predicted octanol–water partition coefficient (Wildman–Crippen LogP) is 2.78. The fourth-order valence-electron chi connectivity index (χ4n) is 2.36. The molecule has 10 heteroatoms. The highest BCUT2D eigenvalue weighted by atomic mass is 32.2. The van der Waals surface area contributed by atoms with E-state index in [1.165, 1.54) is 30.3 Å². The van der Waals surface area contributed by atoms with Gasteiger partial charge in [0.1, 0.15) is 5.82 Å². The minimum atomic E-state index is -4.02. The van der Waals surface area contributed by atoms with E-state index in [9.17, 15) is 22.4 Å². The molecule has 0 aliphatic rings. The van der Waals surface area contributed by atoms with E-state index in [1.807, 2.05) is 6.92 Å². The standard InChI is InChI=1S/C19H16FN3O4S2/c1-12-6-8-13(9-7-12)29(26,27)16-10-21-19(23-18(16)25)28-11-17(24)22-15-5-3-2-4-14(15)20/h2-10H,11H2,1H3,(H,22,24)(H,21,23,25). The Morgan fingerprint density at radius 3 is 2.52 bits per heavy atom. The van der Waals surface area contributed by atoms with Crippen LogP contribution in [0.1, 0.15) is 5.56 Å².